The number of piperidine rings is 1. The van der Waals surface area contributed by atoms with Gasteiger partial charge < -0.3 is 25.2 Å². The van der Waals surface area contributed by atoms with E-state index in [1.807, 2.05) is 10.8 Å². The first-order valence-corrected chi connectivity index (χ1v) is 12.1. The molecule has 3 N–H and O–H groups in total. The summed E-state index contributed by atoms with van der Waals surface area (Å²) < 4.78 is 31.6. The van der Waals surface area contributed by atoms with Gasteiger partial charge in [-0.25, -0.2) is 28.5 Å². The number of anilines is 2. The molecule has 3 aromatic rings. The van der Waals surface area contributed by atoms with E-state index in [4.69, 9.17) is 10.7 Å². The number of carboxylic acids is 1. The first-order chi connectivity index (χ1) is 17.3. The van der Waals surface area contributed by atoms with Crippen molar-refractivity contribution < 1.29 is 18.7 Å². The molecule has 0 bridgehead atoms. The summed E-state index contributed by atoms with van der Waals surface area (Å²) in [5.41, 5.74) is 7.54. The van der Waals surface area contributed by atoms with Gasteiger partial charge in [-0.15, -0.1) is 0 Å². The molecule has 9 nitrogen and oxygen atoms in total. The SMILES string of the molecule is Cc1cc(-c2cn(CCN3CCC3)c([C@H]3CCN(c4ncnc(N)c4C(=O)O)C[C@H]3F)n2)ccc1F. The molecule has 0 amide bonds. The van der Waals surface area contributed by atoms with Gasteiger partial charge in [-0.2, -0.15) is 0 Å². The predicted octanol–water partition coefficient (Wildman–Crippen LogP) is 3.11. The van der Waals surface area contributed by atoms with E-state index in [0.717, 1.165) is 25.2 Å². The minimum atomic E-state index is -1.30. The van der Waals surface area contributed by atoms with Crippen molar-refractivity contribution >= 4 is 17.6 Å². The van der Waals surface area contributed by atoms with E-state index in [2.05, 4.69) is 14.9 Å². The summed E-state index contributed by atoms with van der Waals surface area (Å²) in [7, 11) is 0. The Morgan fingerprint density at radius 2 is 2.03 bits per heavy atom. The van der Waals surface area contributed by atoms with E-state index in [9.17, 15) is 14.3 Å². The van der Waals surface area contributed by atoms with Crippen molar-refractivity contribution in [1.82, 2.24) is 24.4 Å². The summed E-state index contributed by atoms with van der Waals surface area (Å²) in [6.07, 6.45) is 3.43. The highest BCUT2D eigenvalue weighted by Gasteiger charge is 2.36. The van der Waals surface area contributed by atoms with Crippen LogP contribution in [0.4, 0.5) is 20.4 Å². The average Bonchev–Trinajstić information content (AvgIpc) is 3.23. The summed E-state index contributed by atoms with van der Waals surface area (Å²) in [4.78, 5) is 28.3. The molecule has 11 heteroatoms. The van der Waals surface area contributed by atoms with Gasteiger partial charge in [0.25, 0.3) is 0 Å². The van der Waals surface area contributed by atoms with Crippen LogP contribution in [0.2, 0.25) is 0 Å². The lowest BCUT2D eigenvalue weighted by atomic mass is 9.93. The van der Waals surface area contributed by atoms with E-state index in [0.29, 0.717) is 36.6 Å². The largest absolute Gasteiger partial charge is 0.477 e. The first-order valence-electron chi connectivity index (χ1n) is 12.1. The Morgan fingerprint density at radius 1 is 1.22 bits per heavy atom. The van der Waals surface area contributed by atoms with Gasteiger partial charge in [-0.3, -0.25) is 0 Å². The predicted molar refractivity (Wildman–Crippen MR) is 131 cm³/mol. The van der Waals surface area contributed by atoms with Crippen molar-refractivity contribution in [3.63, 3.8) is 0 Å². The molecule has 0 aliphatic carbocycles. The molecule has 190 valence electrons. The summed E-state index contributed by atoms with van der Waals surface area (Å²) in [6.45, 7) is 5.72. The van der Waals surface area contributed by atoms with Crippen LogP contribution in [-0.2, 0) is 6.54 Å². The lowest BCUT2D eigenvalue weighted by molar-refractivity contribution is 0.0697. The zero-order valence-corrected chi connectivity index (χ0v) is 20.1. The van der Waals surface area contributed by atoms with Crippen LogP contribution < -0.4 is 10.6 Å². The van der Waals surface area contributed by atoms with Gasteiger partial charge in [0.05, 0.1) is 18.2 Å². The lowest BCUT2D eigenvalue weighted by Gasteiger charge is -2.36. The first kappa shape index (κ1) is 24.1. The summed E-state index contributed by atoms with van der Waals surface area (Å²) in [5.74, 6) is -1.37. The van der Waals surface area contributed by atoms with Crippen LogP contribution in [0.15, 0.2) is 30.7 Å². The van der Waals surface area contributed by atoms with E-state index >= 15 is 4.39 Å². The normalized spacial score (nSPS) is 20.4. The zero-order chi connectivity index (χ0) is 25.4. The number of aryl methyl sites for hydroxylation is 1. The second-order valence-electron chi connectivity index (χ2n) is 9.46. The molecule has 2 aromatic heterocycles. The number of aromatic carboxylic acids is 1. The van der Waals surface area contributed by atoms with Crippen LogP contribution in [0.25, 0.3) is 11.3 Å². The van der Waals surface area contributed by atoms with Gasteiger partial charge in [0.1, 0.15) is 41.3 Å². The minimum absolute atomic E-state index is 0.0363. The van der Waals surface area contributed by atoms with Gasteiger partial charge in [-0.1, -0.05) is 0 Å². The van der Waals surface area contributed by atoms with E-state index in [-0.39, 0.29) is 29.6 Å². The number of nitrogens with zero attached hydrogens (tertiary/aromatic N) is 6. The highest BCUT2D eigenvalue weighted by Crippen LogP contribution is 2.35. The number of hydrogen-bond acceptors (Lipinski definition) is 7. The molecule has 2 fully saturated rings. The number of rotatable bonds is 7. The molecule has 1 aromatic carbocycles. The Hall–Kier alpha value is -3.60. The number of alkyl halides is 1. The number of hydrogen-bond donors (Lipinski definition) is 2. The molecule has 0 spiro atoms. The minimum Gasteiger partial charge on any atom is -0.477 e. The molecular formula is C25H29F2N7O2. The Morgan fingerprint density at radius 3 is 2.69 bits per heavy atom. The maximum Gasteiger partial charge on any atom is 0.343 e. The molecule has 2 atom stereocenters. The number of nitrogens with two attached hydrogens (primary N) is 1. The van der Waals surface area contributed by atoms with Gasteiger partial charge in [0.15, 0.2) is 0 Å². The summed E-state index contributed by atoms with van der Waals surface area (Å²) >= 11 is 0. The van der Waals surface area contributed by atoms with E-state index in [1.54, 1.807) is 24.0 Å². The number of carbonyl (C=O) groups is 1. The number of benzene rings is 1. The van der Waals surface area contributed by atoms with Crippen LogP contribution in [0.3, 0.4) is 0 Å². The van der Waals surface area contributed by atoms with E-state index in [1.165, 1.54) is 18.8 Å². The van der Waals surface area contributed by atoms with Crippen LogP contribution >= 0.6 is 0 Å². The fraction of sp³-hybridized carbons (Fsp3) is 0.440. The molecular weight excluding hydrogens is 468 g/mol. The maximum absolute atomic E-state index is 15.7. The fourth-order valence-electron chi connectivity index (χ4n) is 4.93. The van der Waals surface area contributed by atoms with Gasteiger partial charge in [0, 0.05) is 31.4 Å². The molecule has 0 saturated carbocycles. The van der Waals surface area contributed by atoms with Gasteiger partial charge in [0.2, 0.25) is 0 Å². The molecule has 0 radical (unpaired) electrons. The number of likely N-dealkylation sites (tertiary alicyclic amines) is 1. The maximum atomic E-state index is 15.7. The highest BCUT2D eigenvalue weighted by atomic mass is 19.1. The van der Waals surface area contributed by atoms with Crippen molar-refractivity contribution in [3.8, 4) is 11.3 Å². The summed E-state index contributed by atoms with van der Waals surface area (Å²) in [5, 5.41) is 9.56. The second-order valence-corrected chi connectivity index (χ2v) is 9.46. The Bertz CT molecular complexity index is 1280. The number of halogens is 2. The van der Waals surface area contributed by atoms with Gasteiger partial charge >= 0.3 is 5.97 Å². The Balaban J connectivity index is 1.42. The molecule has 2 aliphatic heterocycles. The number of carboxylic acid groups (broad SMARTS) is 1. The number of nitrogen functional groups attached to an aromatic ring is 1. The van der Waals surface area contributed by atoms with Crippen molar-refractivity contribution in [2.45, 2.75) is 38.4 Å². The van der Waals surface area contributed by atoms with Crippen LogP contribution in [-0.4, -0.2) is 74.4 Å². The fourth-order valence-corrected chi connectivity index (χ4v) is 4.93. The smallest absolute Gasteiger partial charge is 0.343 e. The average molecular weight is 498 g/mol. The third-order valence-corrected chi connectivity index (χ3v) is 7.11. The second kappa shape index (κ2) is 9.81. The number of imidazole rings is 1. The lowest BCUT2D eigenvalue weighted by Crippen LogP contribution is -2.43. The summed E-state index contributed by atoms with van der Waals surface area (Å²) in [6, 6.07) is 4.87. The molecule has 4 heterocycles. The monoisotopic (exact) mass is 497 g/mol. The van der Waals surface area contributed by atoms with Crippen LogP contribution in [0.1, 0.15) is 40.5 Å². The molecule has 5 rings (SSSR count). The third-order valence-electron chi connectivity index (χ3n) is 7.11. The van der Waals surface area contributed by atoms with Crippen molar-refractivity contribution in [1.29, 1.82) is 0 Å². The molecule has 36 heavy (non-hydrogen) atoms. The third kappa shape index (κ3) is 4.62. The van der Waals surface area contributed by atoms with Gasteiger partial charge in [-0.05, 0) is 56.6 Å². The topological polar surface area (TPSA) is 113 Å². The van der Waals surface area contributed by atoms with Crippen molar-refractivity contribution in [2.24, 2.45) is 0 Å². The standard InChI is InChI=1S/C25H29F2N7O2/c1-15-11-16(3-4-18(15)26)20-13-34(10-9-32-6-2-7-32)23(31-20)17-5-8-33(12-19(17)27)24-21(25(35)36)22(28)29-14-30-24/h3-4,11,13-14,17,19H,2,5-10,12H2,1H3,(H,35,36)(H2,28,29,30)/t17-,19+/m0/s1. The van der Waals surface area contributed by atoms with E-state index < -0.39 is 18.1 Å². The van der Waals surface area contributed by atoms with Crippen LogP contribution in [0, 0.1) is 12.7 Å². The van der Waals surface area contributed by atoms with Crippen LogP contribution in [0.5, 0.6) is 0 Å². The molecule has 0 unspecified atom stereocenters. The van der Waals surface area contributed by atoms with Crippen molar-refractivity contribution in [3.05, 3.63) is 53.5 Å². The Kier molecular flexibility index (Phi) is 6.57. The molecule has 2 saturated heterocycles. The zero-order valence-electron chi connectivity index (χ0n) is 20.1. The van der Waals surface area contributed by atoms with Crippen molar-refractivity contribution in [2.75, 3.05) is 43.4 Å². The highest BCUT2D eigenvalue weighted by molar-refractivity contribution is 5.98. The quantitative estimate of drug-likeness (QED) is 0.512. The number of aromatic nitrogens is 4. The molecule has 2 aliphatic rings. The Labute approximate surface area is 207 Å².